The van der Waals surface area contributed by atoms with Crippen molar-refractivity contribution in [2.75, 3.05) is 18.3 Å². The average molecular weight is 513 g/mol. The molecule has 4 N–H and O–H groups in total. The predicted molar refractivity (Wildman–Crippen MR) is 147 cm³/mol. The maximum absolute atomic E-state index is 6.34. The molecule has 3 aromatic carbocycles. The highest BCUT2D eigenvalue weighted by atomic mass is 32.1. The summed E-state index contributed by atoms with van der Waals surface area (Å²) >= 11 is 2.96. The topological polar surface area (TPSA) is 96.3 Å². The monoisotopic (exact) mass is 512 g/mol. The maximum Gasteiger partial charge on any atom is 0.231 e. The van der Waals surface area contributed by atoms with Crippen molar-refractivity contribution < 1.29 is 9.47 Å². The summed E-state index contributed by atoms with van der Waals surface area (Å²) in [4.78, 5) is 11.6. The number of para-hydroxylation sites is 1. The Balaban J connectivity index is 1.62. The lowest BCUT2D eigenvalue weighted by Crippen LogP contribution is -2.05. The zero-order valence-corrected chi connectivity index (χ0v) is 21.5. The van der Waals surface area contributed by atoms with Crippen LogP contribution >= 0.6 is 22.7 Å². The number of rotatable bonds is 5. The second-order valence-corrected chi connectivity index (χ2v) is 10.9. The van der Waals surface area contributed by atoms with Gasteiger partial charge in [-0.05, 0) is 19.9 Å². The highest BCUT2D eigenvalue weighted by Crippen LogP contribution is 2.51. The number of hydrogen-bond acceptors (Lipinski definition) is 8. The van der Waals surface area contributed by atoms with Crippen molar-refractivity contribution in [3.05, 3.63) is 93.2 Å². The van der Waals surface area contributed by atoms with E-state index in [4.69, 9.17) is 30.9 Å². The van der Waals surface area contributed by atoms with Gasteiger partial charge in [0.2, 0.25) is 6.79 Å². The molecule has 0 saturated heterocycles. The summed E-state index contributed by atoms with van der Waals surface area (Å²) in [5.74, 6) is 1.20. The highest BCUT2D eigenvalue weighted by Gasteiger charge is 2.33. The van der Waals surface area contributed by atoms with E-state index >= 15 is 0 Å². The molecule has 0 radical (unpaired) electrons. The number of nitrogens with two attached hydrogens (primary N) is 2. The van der Waals surface area contributed by atoms with Gasteiger partial charge in [0.1, 0.15) is 0 Å². The molecule has 0 unspecified atom stereocenters. The van der Waals surface area contributed by atoms with Gasteiger partial charge in [0, 0.05) is 26.4 Å². The third-order valence-electron chi connectivity index (χ3n) is 6.25. The lowest BCUT2D eigenvalue weighted by Gasteiger charge is -2.19. The number of nitrogens with zero attached hydrogens (tertiary/aromatic N) is 2. The van der Waals surface area contributed by atoms with Crippen molar-refractivity contribution in [2.24, 2.45) is 0 Å². The van der Waals surface area contributed by atoms with Crippen molar-refractivity contribution >= 4 is 32.9 Å². The van der Waals surface area contributed by atoms with Crippen LogP contribution < -0.4 is 20.9 Å². The SMILES string of the molecule is Cc1ccc(-c2nc(N)sc2C(c2cccc3c2OCO3)c2sc(N)nc2-c2ccc(C)cc2)cc1. The van der Waals surface area contributed by atoms with Crippen LogP contribution in [0.2, 0.25) is 0 Å². The van der Waals surface area contributed by atoms with Gasteiger partial charge in [-0.2, -0.15) is 0 Å². The first-order valence-electron chi connectivity index (χ1n) is 11.5. The van der Waals surface area contributed by atoms with E-state index in [0.717, 1.165) is 49.3 Å². The minimum atomic E-state index is -0.251. The van der Waals surface area contributed by atoms with E-state index in [1.165, 1.54) is 33.8 Å². The van der Waals surface area contributed by atoms with Gasteiger partial charge in [-0.3, -0.25) is 0 Å². The molecule has 0 saturated carbocycles. The van der Waals surface area contributed by atoms with Gasteiger partial charge in [-0.25, -0.2) is 9.97 Å². The lowest BCUT2D eigenvalue weighted by atomic mass is 9.90. The van der Waals surface area contributed by atoms with Crippen molar-refractivity contribution in [1.29, 1.82) is 0 Å². The Morgan fingerprint density at radius 2 is 1.25 bits per heavy atom. The lowest BCUT2D eigenvalue weighted by molar-refractivity contribution is 0.173. The van der Waals surface area contributed by atoms with E-state index in [-0.39, 0.29) is 12.7 Å². The molecule has 6 nitrogen and oxygen atoms in total. The zero-order chi connectivity index (χ0) is 24.8. The second kappa shape index (κ2) is 8.96. The summed E-state index contributed by atoms with van der Waals surface area (Å²) in [5.41, 5.74) is 19.7. The summed E-state index contributed by atoms with van der Waals surface area (Å²) in [6.07, 6.45) is 0. The molecule has 2 aromatic heterocycles. The van der Waals surface area contributed by atoms with Crippen LogP contribution in [0.4, 0.5) is 10.3 Å². The predicted octanol–water partition coefficient (Wildman–Crippen LogP) is 6.62. The molecule has 1 aliphatic rings. The van der Waals surface area contributed by atoms with E-state index in [2.05, 4.69) is 68.4 Å². The number of thiazole rings is 2. The molecule has 6 rings (SSSR count). The van der Waals surface area contributed by atoms with Crippen LogP contribution in [0, 0.1) is 13.8 Å². The Morgan fingerprint density at radius 3 is 1.78 bits per heavy atom. The molecule has 0 spiro atoms. The third kappa shape index (κ3) is 3.98. The molecule has 36 heavy (non-hydrogen) atoms. The van der Waals surface area contributed by atoms with E-state index in [1.54, 1.807) is 0 Å². The quantitative estimate of drug-likeness (QED) is 0.275. The van der Waals surface area contributed by atoms with Crippen LogP contribution in [0.1, 0.15) is 32.4 Å². The van der Waals surface area contributed by atoms with Gasteiger partial charge in [0.15, 0.2) is 21.8 Å². The van der Waals surface area contributed by atoms with E-state index in [0.29, 0.717) is 10.3 Å². The van der Waals surface area contributed by atoms with E-state index in [9.17, 15) is 0 Å². The number of hydrogen-bond donors (Lipinski definition) is 2. The van der Waals surface area contributed by atoms with E-state index < -0.39 is 0 Å². The van der Waals surface area contributed by atoms with E-state index in [1.807, 2.05) is 12.1 Å². The Morgan fingerprint density at radius 1 is 0.722 bits per heavy atom. The first-order valence-corrected chi connectivity index (χ1v) is 13.2. The maximum atomic E-state index is 6.34. The molecule has 0 amide bonds. The summed E-state index contributed by atoms with van der Waals surface area (Å²) in [5, 5.41) is 1.01. The van der Waals surface area contributed by atoms with Gasteiger partial charge in [0.25, 0.3) is 0 Å². The van der Waals surface area contributed by atoms with Gasteiger partial charge in [-0.15, -0.1) is 22.7 Å². The second-order valence-electron chi connectivity index (χ2n) is 8.78. The van der Waals surface area contributed by atoms with Gasteiger partial charge in [0.05, 0.1) is 17.3 Å². The first-order chi connectivity index (χ1) is 17.5. The van der Waals surface area contributed by atoms with Crippen LogP contribution in [-0.2, 0) is 0 Å². The molecule has 0 atom stereocenters. The van der Waals surface area contributed by atoms with Crippen LogP contribution in [0.15, 0.2) is 66.7 Å². The molecule has 5 aromatic rings. The number of anilines is 2. The number of aromatic nitrogens is 2. The smallest absolute Gasteiger partial charge is 0.231 e. The van der Waals surface area contributed by atoms with Gasteiger partial charge < -0.3 is 20.9 Å². The van der Waals surface area contributed by atoms with Crippen molar-refractivity contribution in [3.63, 3.8) is 0 Å². The molecule has 180 valence electrons. The van der Waals surface area contributed by atoms with Crippen LogP contribution in [0.5, 0.6) is 11.5 Å². The summed E-state index contributed by atoms with van der Waals surface area (Å²) in [7, 11) is 0. The largest absolute Gasteiger partial charge is 0.454 e. The molecule has 0 bridgehead atoms. The number of benzene rings is 3. The zero-order valence-electron chi connectivity index (χ0n) is 19.8. The number of aryl methyl sites for hydroxylation is 2. The van der Waals surface area contributed by atoms with Crippen LogP contribution in [0.25, 0.3) is 22.5 Å². The molecule has 3 heterocycles. The summed E-state index contributed by atoms with van der Waals surface area (Å²) in [6, 6.07) is 22.7. The van der Waals surface area contributed by atoms with Crippen LogP contribution in [-0.4, -0.2) is 16.8 Å². The normalized spacial score (nSPS) is 12.4. The van der Waals surface area contributed by atoms with Crippen molar-refractivity contribution in [3.8, 4) is 34.0 Å². The molecule has 8 heteroatoms. The molecule has 0 fully saturated rings. The number of ether oxygens (including phenoxy) is 2. The highest BCUT2D eigenvalue weighted by molar-refractivity contribution is 7.17. The number of fused-ring (bicyclic) bond motifs is 1. The molecule has 0 aliphatic carbocycles. The van der Waals surface area contributed by atoms with Crippen molar-refractivity contribution in [2.45, 2.75) is 19.8 Å². The fourth-order valence-electron chi connectivity index (χ4n) is 4.51. The molecule has 1 aliphatic heterocycles. The van der Waals surface area contributed by atoms with Gasteiger partial charge in [-0.1, -0.05) is 71.8 Å². The average Bonchev–Trinajstić information content (AvgIpc) is 3.59. The summed E-state index contributed by atoms with van der Waals surface area (Å²) < 4.78 is 11.7. The molecular formula is C28H24N4O2S2. The minimum Gasteiger partial charge on any atom is -0.454 e. The minimum absolute atomic E-state index is 0.185. The standard InChI is InChI=1S/C28H24N4O2S2/c1-15-6-10-17(11-7-15)22-25(35-27(29)31-22)21(19-4-3-5-20-24(19)34-14-33-20)26-23(32-28(30)36-26)18-12-8-16(2)9-13-18/h3-13,21H,14H2,1-2H3,(H2,29,31)(H2,30,32). The number of nitrogen functional groups attached to an aromatic ring is 2. The Kier molecular flexibility index (Phi) is 5.62. The first kappa shape index (κ1) is 22.6. The molecular weight excluding hydrogens is 488 g/mol. The van der Waals surface area contributed by atoms with Gasteiger partial charge >= 0.3 is 0 Å². The third-order valence-corrected chi connectivity index (χ3v) is 8.15. The fraction of sp³-hybridized carbons (Fsp3) is 0.143. The Hall–Kier alpha value is -3.88. The fourth-order valence-corrected chi connectivity index (χ4v) is 6.55. The van der Waals surface area contributed by atoms with Crippen LogP contribution in [0.3, 0.4) is 0 Å². The van der Waals surface area contributed by atoms with Crippen molar-refractivity contribution in [1.82, 2.24) is 9.97 Å². The Labute approximate surface area is 217 Å². The summed E-state index contributed by atoms with van der Waals surface area (Å²) in [6.45, 7) is 4.33. The Bertz CT molecular complexity index is 1470.